The second kappa shape index (κ2) is 6.51. The summed E-state index contributed by atoms with van der Waals surface area (Å²) >= 11 is 0. The molecule has 0 spiro atoms. The number of carbonyl (C=O) groups excluding carboxylic acids is 1. The third kappa shape index (κ3) is 3.84. The van der Waals surface area contributed by atoms with E-state index in [1.165, 1.54) is 0 Å². The van der Waals surface area contributed by atoms with Crippen molar-refractivity contribution in [3.05, 3.63) is 0 Å². The summed E-state index contributed by atoms with van der Waals surface area (Å²) in [4.78, 5) is 11.6. The van der Waals surface area contributed by atoms with Crippen LogP contribution in [0, 0.1) is 18.3 Å². The molecule has 90 valence electrons. The molecule has 16 heavy (non-hydrogen) atoms. The molecule has 2 atom stereocenters. The van der Waals surface area contributed by atoms with E-state index < -0.39 is 6.04 Å². The van der Waals surface area contributed by atoms with Crippen LogP contribution in [0.5, 0.6) is 0 Å². The minimum absolute atomic E-state index is 0.139. The van der Waals surface area contributed by atoms with Gasteiger partial charge in [-0.25, -0.2) is 0 Å². The minimum Gasteiger partial charge on any atom is -0.381 e. The Labute approximate surface area is 96.9 Å². The highest BCUT2D eigenvalue weighted by Gasteiger charge is 2.23. The zero-order valence-electron chi connectivity index (χ0n) is 9.74. The molecule has 1 aliphatic heterocycles. The number of hydrogen-bond acceptors (Lipinski definition) is 3. The summed E-state index contributed by atoms with van der Waals surface area (Å²) < 4.78 is 5.28. The fraction of sp³-hybridized carbons (Fsp3) is 0.750. The molecule has 0 bridgehead atoms. The van der Waals surface area contributed by atoms with Crippen LogP contribution in [-0.2, 0) is 9.53 Å². The molecule has 0 aromatic heterocycles. The number of amides is 1. The van der Waals surface area contributed by atoms with Gasteiger partial charge >= 0.3 is 0 Å². The van der Waals surface area contributed by atoms with Crippen molar-refractivity contribution in [3.8, 4) is 12.3 Å². The third-order valence-electron chi connectivity index (χ3n) is 3.02. The van der Waals surface area contributed by atoms with Gasteiger partial charge in [-0.3, -0.25) is 4.79 Å². The Morgan fingerprint density at radius 2 is 2.25 bits per heavy atom. The highest BCUT2D eigenvalue weighted by molar-refractivity contribution is 5.82. The van der Waals surface area contributed by atoms with Crippen molar-refractivity contribution in [2.45, 2.75) is 38.3 Å². The van der Waals surface area contributed by atoms with Crippen LogP contribution < -0.4 is 11.1 Å². The highest BCUT2D eigenvalue weighted by atomic mass is 16.5. The van der Waals surface area contributed by atoms with Crippen LogP contribution in [0.4, 0.5) is 0 Å². The summed E-state index contributed by atoms with van der Waals surface area (Å²) in [6.45, 7) is 3.57. The SMILES string of the molecule is C#CCC(N)C(=O)NC(C)C1CCOCC1. The van der Waals surface area contributed by atoms with E-state index in [0.717, 1.165) is 26.1 Å². The topological polar surface area (TPSA) is 64.4 Å². The summed E-state index contributed by atoms with van der Waals surface area (Å²) in [6.07, 6.45) is 7.38. The zero-order chi connectivity index (χ0) is 12.0. The molecule has 1 fully saturated rings. The first kappa shape index (κ1) is 13.0. The lowest BCUT2D eigenvalue weighted by Crippen LogP contribution is -2.47. The van der Waals surface area contributed by atoms with Crippen LogP contribution in [0.25, 0.3) is 0 Å². The molecule has 4 heteroatoms. The van der Waals surface area contributed by atoms with Gasteiger partial charge in [0.25, 0.3) is 0 Å². The summed E-state index contributed by atoms with van der Waals surface area (Å²) in [5, 5.41) is 2.92. The third-order valence-corrected chi connectivity index (χ3v) is 3.02. The van der Waals surface area contributed by atoms with Crippen molar-refractivity contribution in [1.82, 2.24) is 5.32 Å². The molecule has 0 aromatic carbocycles. The quantitative estimate of drug-likeness (QED) is 0.674. The van der Waals surface area contributed by atoms with Gasteiger partial charge in [-0.05, 0) is 25.7 Å². The molecular formula is C12H20N2O2. The van der Waals surface area contributed by atoms with Crippen molar-refractivity contribution >= 4 is 5.91 Å². The van der Waals surface area contributed by atoms with Gasteiger partial charge in [-0.2, -0.15) is 0 Å². The molecule has 4 nitrogen and oxygen atoms in total. The standard InChI is InChI=1S/C12H20N2O2/c1-3-4-11(13)12(15)14-9(2)10-5-7-16-8-6-10/h1,9-11H,4-8,13H2,2H3,(H,14,15). The zero-order valence-corrected chi connectivity index (χ0v) is 9.74. The largest absolute Gasteiger partial charge is 0.381 e. The van der Waals surface area contributed by atoms with Crippen molar-refractivity contribution in [1.29, 1.82) is 0 Å². The van der Waals surface area contributed by atoms with E-state index in [1.54, 1.807) is 0 Å². The lowest BCUT2D eigenvalue weighted by atomic mass is 9.92. The van der Waals surface area contributed by atoms with E-state index in [0.29, 0.717) is 5.92 Å². The maximum Gasteiger partial charge on any atom is 0.238 e. The van der Waals surface area contributed by atoms with Crippen LogP contribution in [0.3, 0.4) is 0 Å². The maximum atomic E-state index is 11.6. The molecule has 0 aromatic rings. The first-order valence-corrected chi connectivity index (χ1v) is 5.72. The highest BCUT2D eigenvalue weighted by Crippen LogP contribution is 2.18. The van der Waals surface area contributed by atoms with Gasteiger partial charge in [-0.1, -0.05) is 0 Å². The lowest BCUT2D eigenvalue weighted by Gasteiger charge is -2.29. The minimum atomic E-state index is -0.590. The van der Waals surface area contributed by atoms with E-state index in [4.69, 9.17) is 16.9 Å². The van der Waals surface area contributed by atoms with Crippen LogP contribution in [0.15, 0.2) is 0 Å². The Kier molecular flexibility index (Phi) is 5.30. The predicted molar refractivity (Wildman–Crippen MR) is 62.6 cm³/mol. The molecule has 1 heterocycles. The van der Waals surface area contributed by atoms with Crippen molar-refractivity contribution in [2.24, 2.45) is 11.7 Å². The van der Waals surface area contributed by atoms with Crippen LogP contribution in [-0.4, -0.2) is 31.2 Å². The Hall–Kier alpha value is -1.05. The average molecular weight is 224 g/mol. The lowest BCUT2D eigenvalue weighted by molar-refractivity contribution is -0.123. The second-order valence-corrected chi connectivity index (χ2v) is 4.26. The molecule has 0 aliphatic carbocycles. The fourth-order valence-corrected chi connectivity index (χ4v) is 1.88. The number of nitrogens with two attached hydrogens (primary N) is 1. The van der Waals surface area contributed by atoms with E-state index in [1.807, 2.05) is 6.92 Å². The molecule has 2 unspecified atom stereocenters. The van der Waals surface area contributed by atoms with E-state index in [9.17, 15) is 4.79 Å². The average Bonchev–Trinajstić information content (AvgIpc) is 2.30. The van der Waals surface area contributed by atoms with E-state index in [-0.39, 0.29) is 18.4 Å². The van der Waals surface area contributed by atoms with Gasteiger partial charge in [0.05, 0.1) is 6.04 Å². The fourth-order valence-electron chi connectivity index (χ4n) is 1.88. The van der Waals surface area contributed by atoms with Crippen molar-refractivity contribution in [2.75, 3.05) is 13.2 Å². The molecule has 1 amide bonds. The summed E-state index contributed by atoms with van der Waals surface area (Å²) in [7, 11) is 0. The molecule has 1 aliphatic rings. The summed E-state index contributed by atoms with van der Waals surface area (Å²) in [5.41, 5.74) is 5.63. The van der Waals surface area contributed by atoms with Crippen LogP contribution in [0.1, 0.15) is 26.2 Å². The number of nitrogens with one attached hydrogen (secondary N) is 1. The van der Waals surface area contributed by atoms with Crippen LogP contribution >= 0.6 is 0 Å². The van der Waals surface area contributed by atoms with Gasteiger partial charge in [0, 0.05) is 25.7 Å². The molecular weight excluding hydrogens is 204 g/mol. The van der Waals surface area contributed by atoms with Crippen molar-refractivity contribution < 1.29 is 9.53 Å². The van der Waals surface area contributed by atoms with Gasteiger partial charge in [0.15, 0.2) is 0 Å². The smallest absolute Gasteiger partial charge is 0.238 e. The van der Waals surface area contributed by atoms with E-state index >= 15 is 0 Å². The Morgan fingerprint density at radius 3 is 2.81 bits per heavy atom. The van der Waals surface area contributed by atoms with Gasteiger partial charge in [0.1, 0.15) is 0 Å². The molecule has 0 radical (unpaired) electrons. The maximum absolute atomic E-state index is 11.6. The number of carbonyl (C=O) groups is 1. The van der Waals surface area contributed by atoms with Gasteiger partial charge in [-0.15, -0.1) is 12.3 Å². The number of hydrogen-bond donors (Lipinski definition) is 2. The van der Waals surface area contributed by atoms with Gasteiger partial charge < -0.3 is 15.8 Å². The summed E-state index contributed by atoms with van der Waals surface area (Å²) in [5.74, 6) is 2.72. The Morgan fingerprint density at radius 1 is 1.62 bits per heavy atom. The van der Waals surface area contributed by atoms with Crippen LogP contribution in [0.2, 0.25) is 0 Å². The number of ether oxygens (including phenoxy) is 1. The Balaban J connectivity index is 2.35. The predicted octanol–water partition coefficient (Wildman–Crippen LogP) is 0.268. The number of terminal acetylenes is 1. The first-order chi connectivity index (χ1) is 7.65. The Bertz CT molecular complexity index is 267. The molecule has 0 saturated carbocycles. The second-order valence-electron chi connectivity index (χ2n) is 4.26. The molecule has 1 rings (SSSR count). The van der Waals surface area contributed by atoms with E-state index in [2.05, 4.69) is 11.2 Å². The molecule has 3 N–H and O–H groups in total. The number of rotatable bonds is 4. The van der Waals surface area contributed by atoms with Gasteiger partial charge in [0.2, 0.25) is 5.91 Å². The first-order valence-electron chi connectivity index (χ1n) is 5.72. The normalized spacial score (nSPS) is 20.8. The van der Waals surface area contributed by atoms with Crippen molar-refractivity contribution in [3.63, 3.8) is 0 Å². The monoisotopic (exact) mass is 224 g/mol. The molecule has 1 saturated heterocycles. The summed E-state index contributed by atoms with van der Waals surface area (Å²) in [6, 6.07) is -0.451.